The van der Waals surface area contributed by atoms with Gasteiger partial charge in [0.15, 0.2) is 0 Å². The molecule has 0 aliphatic carbocycles. The number of benzene rings is 1. The molecule has 1 heterocycles. The van der Waals surface area contributed by atoms with Gasteiger partial charge in [0.1, 0.15) is 0 Å². The Kier molecular flexibility index (Phi) is 4.22. The Morgan fingerprint density at radius 1 is 1.32 bits per heavy atom. The number of carbonyl (C=O) groups excluding carboxylic acids is 1. The van der Waals surface area contributed by atoms with Crippen LogP contribution in [0.25, 0.3) is 0 Å². The molecule has 2 rings (SSSR count). The number of hydrogen-bond acceptors (Lipinski definition) is 3. The highest BCUT2D eigenvalue weighted by atomic mass is 16.2. The zero-order valence-electron chi connectivity index (χ0n) is 12.0. The molecule has 2 N–H and O–H groups in total. The number of anilines is 1. The zero-order valence-corrected chi connectivity index (χ0v) is 12.0. The number of nitrogens with zero attached hydrogens (tertiary/aromatic N) is 2. The summed E-state index contributed by atoms with van der Waals surface area (Å²) in [4.78, 5) is 16.6. The molecular formula is C15H23N3O. The molecule has 0 saturated carbocycles. The maximum absolute atomic E-state index is 12.5. The number of aryl methyl sites for hydroxylation is 2. The van der Waals surface area contributed by atoms with Gasteiger partial charge in [0, 0.05) is 31.9 Å². The molecule has 1 saturated heterocycles. The zero-order chi connectivity index (χ0) is 14.0. The van der Waals surface area contributed by atoms with E-state index in [1.54, 1.807) is 0 Å². The third kappa shape index (κ3) is 2.80. The van der Waals surface area contributed by atoms with Crippen LogP contribution in [-0.4, -0.2) is 43.0 Å². The van der Waals surface area contributed by atoms with Gasteiger partial charge in [-0.25, -0.2) is 0 Å². The molecule has 0 bridgehead atoms. The van der Waals surface area contributed by atoms with Crippen molar-refractivity contribution in [3.05, 3.63) is 29.3 Å². The van der Waals surface area contributed by atoms with Crippen LogP contribution in [0.5, 0.6) is 0 Å². The number of amides is 1. The van der Waals surface area contributed by atoms with Crippen LogP contribution in [0.15, 0.2) is 18.2 Å². The molecule has 0 spiro atoms. The molecule has 19 heavy (non-hydrogen) atoms. The van der Waals surface area contributed by atoms with Crippen LogP contribution in [-0.2, 0) is 4.79 Å². The predicted octanol–water partition coefficient (Wildman–Crippen LogP) is 1.30. The van der Waals surface area contributed by atoms with Crippen molar-refractivity contribution >= 4 is 11.6 Å². The molecule has 1 aliphatic rings. The summed E-state index contributed by atoms with van der Waals surface area (Å²) < 4.78 is 0. The third-order valence-corrected chi connectivity index (χ3v) is 3.85. The Labute approximate surface area is 115 Å². The number of hydrogen-bond donors (Lipinski definition) is 1. The molecule has 0 radical (unpaired) electrons. The fourth-order valence-electron chi connectivity index (χ4n) is 2.63. The summed E-state index contributed by atoms with van der Waals surface area (Å²) in [5.41, 5.74) is 8.97. The summed E-state index contributed by atoms with van der Waals surface area (Å²) in [7, 11) is 0. The van der Waals surface area contributed by atoms with Crippen molar-refractivity contribution in [3.8, 4) is 0 Å². The van der Waals surface area contributed by atoms with Crippen molar-refractivity contribution in [2.45, 2.75) is 26.8 Å². The third-order valence-electron chi connectivity index (χ3n) is 3.85. The van der Waals surface area contributed by atoms with Gasteiger partial charge in [-0.15, -0.1) is 0 Å². The second-order valence-corrected chi connectivity index (χ2v) is 5.28. The van der Waals surface area contributed by atoms with Crippen LogP contribution >= 0.6 is 0 Å². The fraction of sp³-hybridized carbons (Fsp3) is 0.533. The molecule has 0 aromatic heterocycles. The fourth-order valence-corrected chi connectivity index (χ4v) is 2.63. The van der Waals surface area contributed by atoms with Crippen LogP contribution < -0.4 is 10.6 Å². The molecule has 1 aromatic rings. The highest BCUT2D eigenvalue weighted by Gasteiger charge is 2.32. The quantitative estimate of drug-likeness (QED) is 0.892. The van der Waals surface area contributed by atoms with E-state index in [-0.39, 0.29) is 11.9 Å². The van der Waals surface area contributed by atoms with Gasteiger partial charge in [-0.05, 0) is 38.0 Å². The summed E-state index contributed by atoms with van der Waals surface area (Å²) in [5, 5.41) is 0. The van der Waals surface area contributed by atoms with Gasteiger partial charge in [-0.1, -0.05) is 12.1 Å². The Morgan fingerprint density at radius 2 is 2.05 bits per heavy atom. The molecule has 1 fully saturated rings. The Morgan fingerprint density at radius 3 is 2.74 bits per heavy atom. The van der Waals surface area contributed by atoms with E-state index in [1.807, 2.05) is 11.8 Å². The molecule has 4 nitrogen and oxygen atoms in total. The Bertz CT molecular complexity index is 472. The first kappa shape index (κ1) is 14.0. The van der Waals surface area contributed by atoms with Gasteiger partial charge in [0.05, 0.1) is 6.04 Å². The maximum Gasteiger partial charge on any atom is 0.244 e. The summed E-state index contributed by atoms with van der Waals surface area (Å²) in [6.07, 6.45) is 0. The van der Waals surface area contributed by atoms with E-state index in [2.05, 4.69) is 36.9 Å². The average molecular weight is 261 g/mol. The van der Waals surface area contributed by atoms with Crippen LogP contribution in [0.2, 0.25) is 0 Å². The molecule has 1 aliphatic heterocycles. The topological polar surface area (TPSA) is 49.6 Å². The number of carbonyl (C=O) groups is 1. The first-order valence-electron chi connectivity index (χ1n) is 6.87. The molecule has 1 aromatic carbocycles. The van der Waals surface area contributed by atoms with Gasteiger partial charge < -0.3 is 10.6 Å². The van der Waals surface area contributed by atoms with Crippen molar-refractivity contribution in [3.63, 3.8) is 0 Å². The van der Waals surface area contributed by atoms with E-state index in [0.29, 0.717) is 6.54 Å². The lowest BCUT2D eigenvalue weighted by molar-refractivity contribution is -0.125. The lowest BCUT2D eigenvalue weighted by Crippen LogP contribution is -2.57. The minimum Gasteiger partial charge on any atom is -0.329 e. The Balaban J connectivity index is 2.23. The SMILES string of the molecule is Cc1ccc(C)c(N2CCN(CCN)C(C)C2=O)c1. The van der Waals surface area contributed by atoms with Crippen molar-refractivity contribution in [2.24, 2.45) is 5.73 Å². The molecule has 1 unspecified atom stereocenters. The van der Waals surface area contributed by atoms with Crippen molar-refractivity contribution in [2.75, 3.05) is 31.1 Å². The second kappa shape index (κ2) is 5.72. The van der Waals surface area contributed by atoms with E-state index in [0.717, 1.165) is 30.9 Å². The van der Waals surface area contributed by atoms with E-state index in [9.17, 15) is 4.79 Å². The molecule has 1 atom stereocenters. The summed E-state index contributed by atoms with van der Waals surface area (Å²) >= 11 is 0. The lowest BCUT2D eigenvalue weighted by atomic mass is 10.1. The summed E-state index contributed by atoms with van der Waals surface area (Å²) in [6, 6.07) is 6.17. The normalized spacial score (nSPS) is 20.9. The highest BCUT2D eigenvalue weighted by Crippen LogP contribution is 2.25. The maximum atomic E-state index is 12.5. The molecule has 4 heteroatoms. The minimum absolute atomic E-state index is 0.0859. The average Bonchev–Trinajstić information content (AvgIpc) is 2.39. The van der Waals surface area contributed by atoms with Gasteiger partial charge >= 0.3 is 0 Å². The largest absolute Gasteiger partial charge is 0.329 e. The van der Waals surface area contributed by atoms with Crippen LogP contribution in [0.1, 0.15) is 18.1 Å². The van der Waals surface area contributed by atoms with Crippen LogP contribution in [0, 0.1) is 13.8 Å². The van der Waals surface area contributed by atoms with E-state index >= 15 is 0 Å². The predicted molar refractivity (Wildman–Crippen MR) is 78.4 cm³/mol. The Hall–Kier alpha value is -1.39. The van der Waals surface area contributed by atoms with Gasteiger partial charge in [-0.3, -0.25) is 9.69 Å². The van der Waals surface area contributed by atoms with Gasteiger partial charge in [0.25, 0.3) is 0 Å². The molecule has 104 valence electrons. The second-order valence-electron chi connectivity index (χ2n) is 5.28. The first-order valence-corrected chi connectivity index (χ1v) is 6.87. The van der Waals surface area contributed by atoms with Crippen LogP contribution in [0.3, 0.4) is 0 Å². The standard InChI is InChI=1S/C15H23N3O/c1-11-4-5-12(2)14(10-11)18-9-8-17(7-6-16)13(3)15(18)19/h4-5,10,13H,6-9,16H2,1-3H3. The molecule has 1 amide bonds. The first-order chi connectivity index (χ1) is 9.04. The van der Waals surface area contributed by atoms with E-state index in [1.165, 1.54) is 5.56 Å². The summed E-state index contributed by atoms with van der Waals surface area (Å²) in [5.74, 6) is 0.174. The molecular weight excluding hydrogens is 238 g/mol. The van der Waals surface area contributed by atoms with E-state index in [4.69, 9.17) is 5.73 Å². The number of rotatable bonds is 3. The van der Waals surface area contributed by atoms with Crippen molar-refractivity contribution < 1.29 is 4.79 Å². The lowest BCUT2D eigenvalue weighted by Gasteiger charge is -2.39. The van der Waals surface area contributed by atoms with Crippen LogP contribution in [0.4, 0.5) is 5.69 Å². The number of nitrogens with two attached hydrogens (primary N) is 1. The van der Waals surface area contributed by atoms with Gasteiger partial charge in [0.2, 0.25) is 5.91 Å². The van der Waals surface area contributed by atoms with E-state index < -0.39 is 0 Å². The monoisotopic (exact) mass is 261 g/mol. The van der Waals surface area contributed by atoms with Crippen molar-refractivity contribution in [1.82, 2.24) is 4.90 Å². The van der Waals surface area contributed by atoms with Crippen molar-refractivity contribution in [1.29, 1.82) is 0 Å². The number of piperazine rings is 1. The minimum atomic E-state index is -0.0859. The van der Waals surface area contributed by atoms with Gasteiger partial charge in [-0.2, -0.15) is 0 Å². The summed E-state index contributed by atoms with van der Waals surface area (Å²) in [6.45, 7) is 9.09. The smallest absolute Gasteiger partial charge is 0.244 e. The highest BCUT2D eigenvalue weighted by molar-refractivity contribution is 5.98.